The molecular weight excluding hydrogens is 479 g/mol. The molecule has 4 heterocycles. The number of pyridine rings is 2. The highest BCUT2D eigenvalue weighted by molar-refractivity contribution is 6.35. The fourth-order valence-corrected chi connectivity index (χ4v) is 4.61. The largest absolute Gasteiger partial charge is 0.481 e. The van der Waals surface area contributed by atoms with Crippen molar-refractivity contribution in [3.63, 3.8) is 0 Å². The van der Waals surface area contributed by atoms with Crippen molar-refractivity contribution >= 4 is 40.8 Å². The highest BCUT2D eigenvalue weighted by atomic mass is 35.5. The average molecular weight is 499 g/mol. The molecule has 0 spiro atoms. The highest BCUT2D eigenvalue weighted by Gasteiger charge is 2.31. The molecule has 2 aliphatic rings. The Hall–Kier alpha value is -3.36. The minimum absolute atomic E-state index is 0.122. The number of benzene rings is 1. The number of hydrogen-bond donors (Lipinski definition) is 0. The molecule has 0 radical (unpaired) electrons. The Morgan fingerprint density at radius 2 is 1.94 bits per heavy atom. The molecule has 0 saturated carbocycles. The monoisotopic (exact) mass is 498 g/mol. The van der Waals surface area contributed by atoms with Crippen LogP contribution in [-0.2, 0) is 22.6 Å². The van der Waals surface area contributed by atoms with Crippen molar-refractivity contribution in [2.45, 2.75) is 13.0 Å². The molecule has 10 heteroatoms. The molecule has 0 saturated heterocycles. The van der Waals surface area contributed by atoms with E-state index >= 15 is 0 Å². The topological polar surface area (TPSA) is 84.9 Å². The van der Waals surface area contributed by atoms with E-state index in [2.05, 4.69) is 9.97 Å². The SMILES string of the molecule is COc1ccc2c(n1)CCN(C(=O)CN1C(=O)COc3cc(-c4cc(Cl)cc(Cl)c4)cnc31)C2. The summed E-state index contributed by atoms with van der Waals surface area (Å²) in [6, 6.07) is 10.6. The summed E-state index contributed by atoms with van der Waals surface area (Å²) in [6.45, 7) is 0.648. The van der Waals surface area contributed by atoms with Gasteiger partial charge < -0.3 is 14.4 Å². The van der Waals surface area contributed by atoms with Gasteiger partial charge in [-0.25, -0.2) is 9.97 Å². The number of aromatic nitrogens is 2. The molecule has 2 aliphatic heterocycles. The smallest absolute Gasteiger partial charge is 0.266 e. The van der Waals surface area contributed by atoms with E-state index in [1.165, 1.54) is 4.90 Å². The Labute approximate surface area is 206 Å². The van der Waals surface area contributed by atoms with Crippen LogP contribution in [0, 0.1) is 0 Å². The fraction of sp³-hybridized carbons (Fsp3) is 0.250. The fourth-order valence-electron chi connectivity index (χ4n) is 4.08. The molecule has 2 amide bonds. The number of carbonyl (C=O) groups excluding carboxylic acids is 2. The Kier molecular flexibility index (Phi) is 6.02. The zero-order valence-electron chi connectivity index (χ0n) is 18.3. The van der Waals surface area contributed by atoms with Gasteiger partial charge in [0.05, 0.1) is 12.8 Å². The van der Waals surface area contributed by atoms with E-state index in [0.29, 0.717) is 47.0 Å². The first-order chi connectivity index (χ1) is 16.4. The minimum Gasteiger partial charge on any atom is -0.481 e. The molecule has 1 aromatic carbocycles. The van der Waals surface area contributed by atoms with Crippen LogP contribution in [0.1, 0.15) is 11.3 Å². The average Bonchev–Trinajstić information content (AvgIpc) is 2.84. The summed E-state index contributed by atoms with van der Waals surface area (Å²) in [7, 11) is 1.58. The molecule has 174 valence electrons. The predicted octanol–water partition coefficient (Wildman–Crippen LogP) is 3.77. The lowest BCUT2D eigenvalue weighted by Crippen LogP contribution is -2.48. The Bertz CT molecular complexity index is 1280. The summed E-state index contributed by atoms with van der Waals surface area (Å²) in [5, 5.41) is 1.00. The van der Waals surface area contributed by atoms with Gasteiger partial charge in [-0.1, -0.05) is 29.3 Å². The van der Waals surface area contributed by atoms with E-state index in [9.17, 15) is 9.59 Å². The zero-order chi connectivity index (χ0) is 23.8. The first-order valence-corrected chi connectivity index (χ1v) is 11.4. The summed E-state index contributed by atoms with van der Waals surface area (Å²) < 4.78 is 10.8. The number of carbonyl (C=O) groups is 2. The molecule has 0 aliphatic carbocycles. The number of anilines is 1. The zero-order valence-corrected chi connectivity index (χ0v) is 19.8. The van der Waals surface area contributed by atoms with Gasteiger partial charge in [-0.2, -0.15) is 0 Å². The predicted molar refractivity (Wildman–Crippen MR) is 127 cm³/mol. The Morgan fingerprint density at radius 1 is 1.15 bits per heavy atom. The maximum Gasteiger partial charge on any atom is 0.266 e. The molecule has 0 unspecified atom stereocenters. The summed E-state index contributed by atoms with van der Waals surface area (Å²) in [5.41, 5.74) is 3.40. The molecule has 0 atom stereocenters. The molecular formula is C24H20Cl2N4O4. The van der Waals surface area contributed by atoms with Crippen molar-refractivity contribution < 1.29 is 19.1 Å². The van der Waals surface area contributed by atoms with Crippen molar-refractivity contribution in [1.82, 2.24) is 14.9 Å². The van der Waals surface area contributed by atoms with Crippen LogP contribution < -0.4 is 14.4 Å². The summed E-state index contributed by atoms with van der Waals surface area (Å²) in [4.78, 5) is 37.7. The molecule has 0 bridgehead atoms. The Balaban J connectivity index is 1.35. The molecule has 3 aromatic rings. The van der Waals surface area contributed by atoms with Gasteiger partial charge in [-0.05, 0) is 35.4 Å². The van der Waals surface area contributed by atoms with Crippen LogP contribution in [0.5, 0.6) is 11.6 Å². The Morgan fingerprint density at radius 3 is 2.71 bits per heavy atom. The molecule has 8 nitrogen and oxygen atoms in total. The number of hydrogen-bond acceptors (Lipinski definition) is 6. The van der Waals surface area contributed by atoms with Crippen molar-refractivity contribution in [1.29, 1.82) is 0 Å². The second-order valence-electron chi connectivity index (χ2n) is 8.00. The van der Waals surface area contributed by atoms with Gasteiger partial charge in [0.15, 0.2) is 18.2 Å². The molecule has 34 heavy (non-hydrogen) atoms. The molecule has 0 N–H and O–H groups in total. The number of nitrogens with zero attached hydrogens (tertiary/aromatic N) is 4. The van der Waals surface area contributed by atoms with Crippen LogP contribution >= 0.6 is 23.2 Å². The highest BCUT2D eigenvalue weighted by Crippen LogP contribution is 2.35. The number of amides is 2. The van der Waals surface area contributed by atoms with Crippen molar-refractivity contribution in [2.24, 2.45) is 0 Å². The first-order valence-electron chi connectivity index (χ1n) is 10.6. The van der Waals surface area contributed by atoms with E-state index in [-0.39, 0.29) is 25.0 Å². The third-order valence-corrected chi connectivity index (χ3v) is 6.25. The molecule has 2 aromatic heterocycles. The standard InChI is InChI=1S/C24H20Cl2N4O4/c1-33-21-3-2-14-11-29(5-4-19(14)28-21)22(31)12-30-23(32)13-34-20-8-16(10-27-24(20)30)15-6-17(25)9-18(26)7-15/h2-3,6-10H,4-5,11-13H2,1H3. The molecule has 5 rings (SSSR count). The first kappa shape index (κ1) is 22.4. The van der Waals surface area contributed by atoms with Crippen LogP contribution in [0.25, 0.3) is 11.1 Å². The summed E-state index contributed by atoms with van der Waals surface area (Å²) in [5.74, 6) is 0.789. The van der Waals surface area contributed by atoms with Gasteiger partial charge in [0, 0.05) is 47.4 Å². The maximum atomic E-state index is 13.1. The van der Waals surface area contributed by atoms with Crippen molar-refractivity contribution in [3.8, 4) is 22.8 Å². The van der Waals surface area contributed by atoms with E-state index in [1.807, 2.05) is 6.07 Å². The van der Waals surface area contributed by atoms with Crippen LogP contribution in [0.15, 0.2) is 42.6 Å². The third-order valence-electron chi connectivity index (χ3n) is 5.81. The number of rotatable bonds is 4. The maximum absolute atomic E-state index is 13.1. The third kappa shape index (κ3) is 4.38. The van der Waals surface area contributed by atoms with Gasteiger partial charge in [-0.3, -0.25) is 14.5 Å². The lowest BCUT2D eigenvalue weighted by molar-refractivity contribution is -0.132. The lowest BCUT2D eigenvalue weighted by atomic mass is 10.1. The van der Waals surface area contributed by atoms with E-state index in [1.54, 1.807) is 48.5 Å². The van der Waals surface area contributed by atoms with Crippen LogP contribution in [0.2, 0.25) is 10.0 Å². The van der Waals surface area contributed by atoms with Gasteiger partial charge in [0.2, 0.25) is 11.8 Å². The second-order valence-corrected chi connectivity index (χ2v) is 8.87. The number of methoxy groups -OCH3 is 1. The van der Waals surface area contributed by atoms with Crippen molar-refractivity contribution in [2.75, 3.05) is 31.7 Å². The number of halogens is 2. The van der Waals surface area contributed by atoms with Gasteiger partial charge >= 0.3 is 0 Å². The quantitative estimate of drug-likeness (QED) is 0.544. The van der Waals surface area contributed by atoms with Gasteiger partial charge in [0.25, 0.3) is 5.91 Å². The van der Waals surface area contributed by atoms with Crippen LogP contribution in [-0.4, -0.2) is 53.5 Å². The van der Waals surface area contributed by atoms with Gasteiger partial charge in [0.1, 0.15) is 6.54 Å². The lowest BCUT2D eigenvalue weighted by Gasteiger charge is -2.32. The van der Waals surface area contributed by atoms with Gasteiger partial charge in [-0.15, -0.1) is 0 Å². The van der Waals surface area contributed by atoms with E-state index < -0.39 is 0 Å². The summed E-state index contributed by atoms with van der Waals surface area (Å²) >= 11 is 12.2. The van der Waals surface area contributed by atoms with E-state index in [4.69, 9.17) is 32.7 Å². The van der Waals surface area contributed by atoms with Crippen molar-refractivity contribution in [3.05, 3.63) is 63.9 Å². The normalized spacial score (nSPS) is 14.9. The number of fused-ring (bicyclic) bond motifs is 2. The van der Waals surface area contributed by atoms with Crippen LogP contribution in [0.4, 0.5) is 5.82 Å². The second kappa shape index (κ2) is 9.12. The minimum atomic E-state index is -0.323. The number of ether oxygens (including phenoxy) is 2. The molecule has 0 fully saturated rings. The van der Waals surface area contributed by atoms with Crippen LogP contribution in [0.3, 0.4) is 0 Å². The summed E-state index contributed by atoms with van der Waals surface area (Å²) in [6.07, 6.45) is 2.23. The van der Waals surface area contributed by atoms with E-state index in [0.717, 1.165) is 22.4 Å².